The van der Waals surface area contributed by atoms with Crippen LogP contribution in [0.5, 0.6) is 0 Å². The summed E-state index contributed by atoms with van der Waals surface area (Å²) in [5.41, 5.74) is 5.24. The van der Waals surface area contributed by atoms with Crippen LogP contribution in [0.2, 0.25) is 0 Å². The third kappa shape index (κ3) is 8.46. The summed E-state index contributed by atoms with van der Waals surface area (Å²) in [7, 11) is 0. The van der Waals surface area contributed by atoms with Crippen LogP contribution < -0.4 is 5.73 Å². The van der Waals surface area contributed by atoms with Crippen molar-refractivity contribution in [2.24, 2.45) is 4.99 Å². The van der Waals surface area contributed by atoms with Gasteiger partial charge in [-0.2, -0.15) is 4.99 Å². The van der Waals surface area contributed by atoms with Crippen molar-refractivity contribution in [3.8, 4) is 0 Å². The predicted molar refractivity (Wildman–Crippen MR) is 121 cm³/mol. The van der Waals surface area contributed by atoms with Crippen LogP contribution in [0.1, 0.15) is 11.1 Å². The fourth-order valence-corrected chi connectivity index (χ4v) is 1.97. The fraction of sp³-hybridized carbons (Fsp3) is 0.111. The van der Waals surface area contributed by atoms with Gasteiger partial charge in [0.1, 0.15) is 17.3 Å². The summed E-state index contributed by atoms with van der Waals surface area (Å²) in [5.74, 6) is -1.43. The Hall–Kier alpha value is -2.53. The van der Waals surface area contributed by atoms with E-state index < -0.39 is 24.8 Å². The summed E-state index contributed by atoms with van der Waals surface area (Å²) in [6, 6.07) is 5.40. The number of thiocarbonyl (C=S) groups is 2. The standard InChI is InChI=1S/C9H5FN2OS.C8H7FN2O.CCl2S/c1-11-7-2-3-8(12-5-14)9(10)6(7)4-13;1-11-7-3-2-6(10)8(9)5(7)4-12;2-1(3)4/h2-3,13H,4H2;2-3,12H,4,10H2;. The molecule has 4 N–H and O–H groups in total. The number of benzene rings is 2. The molecule has 0 spiro atoms. The Kier molecular flexibility index (Phi) is 13.2. The van der Waals surface area contributed by atoms with Crippen LogP contribution in [-0.4, -0.2) is 19.2 Å². The number of aliphatic hydroxyl groups is 2. The molecule has 0 amide bonds. The van der Waals surface area contributed by atoms with Gasteiger partial charge in [-0.05, 0) is 24.4 Å². The topological polar surface area (TPSA) is 87.6 Å². The summed E-state index contributed by atoms with van der Waals surface area (Å²) >= 11 is 17.9. The van der Waals surface area contributed by atoms with E-state index in [1.165, 1.54) is 24.3 Å². The smallest absolute Gasteiger partial charge is 0.195 e. The Labute approximate surface area is 191 Å². The number of nitrogens with zero attached hydrogens (tertiary/aromatic N) is 3. The maximum Gasteiger partial charge on any atom is 0.195 e. The van der Waals surface area contributed by atoms with Gasteiger partial charge in [0, 0.05) is 11.1 Å². The zero-order chi connectivity index (χ0) is 23.3. The molecule has 30 heavy (non-hydrogen) atoms. The first-order chi connectivity index (χ1) is 14.2. The van der Waals surface area contributed by atoms with Crippen molar-refractivity contribution in [1.29, 1.82) is 0 Å². The van der Waals surface area contributed by atoms with Crippen LogP contribution >= 0.6 is 47.6 Å². The average molecular weight is 489 g/mol. The minimum Gasteiger partial charge on any atom is -0.396 e. The number of nitrogen functional groups attached to an aromatic ring is 1. The molecular weight excluding hydrogens is 477 g/mol. The number of aliphatic imine (C=N–C) groups is 1. The molecule has 2 aromatic carbocycles. The van der Waals surface area contributed by atoms with Crippen molar-refractivity contribution in [3.05, 3.63) is 69.9 Å². The van der Waals surface area contributed by atoms with Crippen LogP contribution in [0.15, 0.2) is 29.3 Å². The molecule has 0 atom stereocenters. The fourth-order valence-electron chi connectivity index (χ4n) is 1.87. The number of halogens is 4. The Bertz CT molecular complexity index is 1050. The van der Waals surface area contributed by atoms with E-state index in [4.69, 9.17) is 52.3 Å². The van der Waals surface area contributed by atoms with Crippen molar-refractivity contribution < 1.29 is 19.0 Å². The molecule has 2 aromatic rings. The molecule has 0 saturated heterocycles. The maximum absolute atomic E-state index is 13.4. The van der Waals surface area contributed by atoms with Gasteiger partial charge in [-0.3, -0.25) is 0 Å². The predicted octanol–water partition coefficient (Wildman–Crippen LogP) is 5.80. The van der Waals surface area contributed by atoms with Crippen molar-refractivity contribution >= 4 is 79.3 Å². The van der Waals surface area contributed by atoms with Gasteiger partial charge >= 0.3 is 0 Å². The molecule has 0 aliphatic carbocycles. The first kappa shape index (κ1) is 27.5. The monoisotopic (exact) mass is 488 g/mol. The van der Waals surface area contributed by atoms with E-state index in [-0.39, 0.29) is 37.7 Å². The molecule has 0 aliphatic heterocycles. The molecule has 0 radical (unpaired) electrons. The summed E-state index contributed by atoms with van der Waals surface area (Å²) in [6.07, 6.45) is 0. The maximum atomic E-state index is 13.4. The largest absolute Gasteiger partial charge is 0.396 e. The van der Waals surface area contributed by atoms with E-state index in [1.807, 2.05) is 5.16 Å². The number of rotatable bonds is 3. The highest BCUT2D eigenvalue weighted by Crippen LogP contribution is 2.29. The normalized spacial score (nSPS) is 8.80. The average Bonchev–Trinajstić information content (AvgIpc) is 2.71. The summed E-state index contributed by atoms with van der Waals surface area (Å²) in [5, 5.41) is 19.6. The lowest BCUT2D eigenvalue weighted by molar-refractivity contribution is 0.276. The highest BCUT2D eigenvalue weighted by Gasteiger charge is 2.12. The SMILES string of the molecule is S=C(Cl)Cl.[C-]#[N+]c1ccc(N)c(F)c1CO.[C-]#[N+]c1ccc(N=C=S)c(F)c1CO. The van der Waals surface area contributed by atoms with Crippen molar-refractivity contribution in [2.45, 2.75) is 13.2 Å². The minimum atomic E-state index is -0.724. The van der Waals surface area contributed by atoms with Crippen LogP contribution in [0.25, 0.3) is 9.69 Å². The van der Waals surface area contributed by atoms with Gasteiger partial charge in [-0.1, -0.05) is 47.6 Å². The highest BCUT2D eigenvalue weighted by molar-refractivity contribution is 7.86. The Morgan fingerprint density at radius 3 is 1.87 bits per heavy atom. The number of anilines is 1. The van der Waals surface area contributed by atoms with Gasteiger partial charge in [-0.15, -0.1) is 0 Å². The summed E-state index contributed by atoms with van der Waals surface area (Å²) < 4.78 is 26.4. The molecule has 0 aliphatic rings. The second-order valence-corrected chi connectivity index (χ2v) is 6.82. The molecule has 0 fully saturated rings. The van der Waals surface area contributed by atoms with Gasteiger partial charge < -0.3 is 15.9 Å². The Balaban J connectivity index is 0.000000481. The lowest BCUT2D eigenvalue weighted by Gasteiger charge is -2.03. The quantitative estimate of drug-likeness (QED) is 0.167. The van der Waals surface area contributed by atoms with Crippen LogP contribution in [0.3, 0.4) is 0 Å². The second-order valence-electron chi connectivity index (χ2n) is 4.83. The molecule has 0 heterocycles. The first-order valence-electron chi connectivity index (χ1n) is 7.46. The lowest BCUT2D eigenvalue weighted by Crippen LogP contribution is -1.96. The van der Waals surface area contributed by atoms with Crippen molar-refractivity contribution in [2.75, 3.05) is 5.73 Å². The summed E-state index contributed by atoms with van der Waals surface area (Å²) in [6.45, 7) is 12.4. The van der Waals surface area contributed by atoms with Gasteiger partial charge in [0.15, 0.2) is 15.2 Å². The lowest BCUT2D eigenvalue weighted by atomic mass is 10.1. The zero-order valence-electron chi connectivity index (χ0n) is 14.9. The van der Waals surface area contributed by atoms with Gasteiger partial charge in [0.05, 0.1) is 37.2 Å². The molecule has 0 unspecified atom stereocenters. The van der Waals surface area contributed by atoms with E-state index in [9.17, 15) is 8.78 Å². The molecule has 0 saturated carbocycles. The van der Waals surface area contributed by atoms with E-state index in [0.717, 1.165) is 0 Å². The second kappa shape index (κ2) is 14.5. The van der Waals surface area contributed by atoms with Crippen LogP contribution in [-0.2, 0) is 13.2 Å². The minimum absolute atomic E-state index is 0.0172. The molecule has 6 nitrogen and oxygen atoms in total. The molecular formula is C18H12Cl2F2N4O2S2. The van der Waals surface area contributed by atoms with E-state index in [2.05, 4.69) is 39.1 Å². The number of aliphatic hydroxyl groups excluding tert-OH is 2. The Morgan fingerprint density at radius 2 is 1.47 bits per heavy atom. The molecule has 0 aromatic heterocycles. The molecule has 0 bridgehead atoms. The Morgan fingerprint density at radius 1 is 1.03 bits per heavy atom. The molecule has 156 valence electrons. The third-order valence-corrected chi connectivity index (χ3v) is 3.26. The van der Waals surface area contributed by atoms with E-state index >= 15 is 0 Å². The van der Waals surface area contributed by atoms with Gasteiger partial charge in [0.2, 0.25) is 0 Å². The zero-order valence-corrected chi connectivity index (χ0v) is 18.0. The van der Waals surface area contributed by atoms with Gasteiger partial charge in [0.25, 0.3) is 0 Å². The molecule has 2 rings (SSSR count). The number of hydrogen-bond acceptors (Lipinski definition) is 6. The number of hydrogen-bond donors (Lipinski definition) is 3. The van der Waals surface area contributed by atoms with Crippen molar-refractivity contribution in [1.82, 2.24) is 0 Å². The van der Waals surface area contributed by atoms with Crippen molar-refractivity contribution in [3.63, 3.8) is 0 Å². The third-order valence-electron chi connectivity index (χ3n) is 3.17. The van der Waals surface area contributed by atoms with Gasteiger partial charge in [-0.25, -0.2) is 18.5 Å². The number of isothiocyanates is 1. The number of nitrogens with two attached hydrogens (primary N) is 1. The van der Waals surface area contributed by atoms with Crippen LogP contribution in [0, 0.1) is 24.8 Å². The first-order valence-corrected chi connectivity index (χ1v) is 9.03. The molecule has 12 heteroatoms. The summed E-state index contributed by atoms with van der Waals surface area (Å²) in [4.78, 5) is 9.57. The highest BCUT2D eigenvalue weighted by atomic mass is 35.5. The van der Waals surface area contributed by atoms with Crippen LogP contribution in [0.4, 0.5) is 31.5 Å². The van der Waals surface area contributed by atoms with E-state index in [0.29, 0.717) is 0 Å². The van der Waals surface area contributed by atoms with E-state index in [1.54, 1.807) is 0 Å².